The molecule has 1 amide bonds. The number of nitrogens with one attached hydrogen (secondary N) is 3. The Kier molecular flexibility index (Phi) is 5.42. The van der Waals surface area contributed by atoms with Crippen molar-refractivity contribution in [1.29, 1.82) is 0 Å². The lowest BCUT2D eigenvalue weighted by atomic mass is 10.1. The average Bonchev–Trinajstić information content (AvgIpc) is 3.56. The molecule has 170 valence electrons. The molecule has 0 aliphatic rings. The van der Waals surface area contributed by atoms with E-state index in [1.807, 2.05) is 42.6 Å². The van der Waals surface area contributed by atoms with Gasteiger partial charge < -0.3 is 10.3 Å². The number of fused-ring (bicyclic) bond motifs is 1. The lowest BCUT2D eigenvalue weighted by molar-refractivity contribution is -0.112. The molecule has 0 aliphatic carbocycles. The van der Waals surface area contributed by atoms with Crippen LogP contribution in [0.2, 0.25) is 0 Å². The van der Waals surface area contributed by atoms with Crippen LogP contribution in [0.1, 0.15) is 28.7 Å². The molecule has 0 saturated carbocycles. The summed E-state index contributed by atoms with van der Waals surface area (Å²) in [6, 6.07) is 14.2. The van der Waals surface area contributed by atoms with Crippen LogP contribution in [0.5, 0.6) is 0 Å². The number of ketones is 1. The quantitative estimate of drug-likeness (QED) is 0.256. The number of benzene rings is 1. The van der Waals surface area contributed by atoms with Crippen molar-refractivity contribution in [3.05, 3.63) is 81.2 Å². The number of rotatable bonds is 6. The highest BCUT2D eigenvalue weighted by Gasteiger charge is 2.25. The Labute approximate surface area is 197 Å². The number of H-pyrrole nitrogens is 2. The van der Waals surface area contributed by atoms with Crippen molar-refractivity contribution in [1.82, 2.24) is 24.7 Å². The Balaban J connectivity index is 1.56. The minimum atomic E-state index is -0.819. The zero-order valence-electron chi connectivity index (χ0n) is 18.4. The minimum absolute atomic E-state index is 0.151. The summed E-state index contributed by atoms with van der Waals surface area (Å²) in [5, 5.41) is 9.80. The third-order valence-electron chi connectivity index (χ3n) is 5.40. The molecule has 0 atom stereocenters. The lowest BCUT2D eigenvalue weighted by Crippen LogP contribution is -2.25. The monoisotopic (exact) mass is 472 g/mol. The number of aromatic nitrogens is 5. The second-order valence-electron chi connectivity index (χ2n) is 7.67. The van der Waals surface area contributed by atoms with E-state index in [9.17, 15) is 14.4 Å². The molecular weight excluding hydrogens is 452 g/mol. The van der Waals surface area contributed by atoms with Gasteiger partial charge in [-0.1, -0.05) is 31.2 Å². The fourth-order valence-electron chi connectivity index (χ4n) is 3.81. The second-order valence-corrected chi connectivity index (χ2v) is 8.62. The third kappa shape index (κ3) is 3.84. The fourth-order valence-corrected chi connectivity index (χ4v) is 4.49. The molecule has 3 N–H and O–H groups in total. The zero-order valence-corrected chi connectivity index (χ0v) is 19.2. The van der Waals surface area contributed by atoms with E-state index in [2.05, 4.69) is 25.4 Å². The van der Waals surface area contributed by atoms with Gasteiger partial charge >= 0.3 is 0 Å². The van der Waals surface area contributed by atoms with E-state index in [0.717, 1.165) is 10.4 Å². The van der Waals surface area contributed by atoms with Crippen LogP contribution in [0, 0.1) is 6.92 Å². The summed E-state index contributed by atoms with van der Waals surface area (Å²) in [6.45, 7) is 3.64. The van der Waals surface area contributed by atoms with E-state index in [1.54, 1.807) is 19.1 Å². The van der Waals surface area contributed by atoms with Crippen LogP contribution in [0.15, 0.2) is 58.7 Å². The predicted molar refractivity (Wildman–Crippen MR) is 131 cm³/mol. The maximum atomic E-state index is 13.1. The van der Waals surface area contributed by atoms with E-state index in [4.69, 9.17) is 0 Å². The Hall–Kier alpha value is -4.31. The van der Waals surface area contributed by atoms with Crippen molar-refractivity contribution >= 4 is 39.7 Å². The predicted octanol–water partition coefficient (Wildman–Crippen LogP) is 3.86. The molecule has 0 aliphatic heterocycles. The number of aromatic amines is 2. The van der Waals surface area contributed by atoms with Gasteiger partial charge in [-0.05, 0) is 30.9 Å². The van der Waals surface area contributed by atoms with Crippen molar-refractivity contribution in [3.8, 4) is 16.5 Å². The summed E-state index contributed by atoms with van der Waals surface area (Å²) >= 11 is 1.48. The molecule has 1 aromatic carbocycles. The SMILES string of the molecule is CCc1cc(=O)[nH]c(-n2nc(-c3cccs3)cc2NC(=O)C(=O)c2c(C)[nH]c3ccccc23)n1. The van der Waals surface area contributed by atoms with Crippen LogP contribution in [-0.4, -0.2) is 36.4 Å². The number of carbonyl (C=O) groups is 2. The molecule has 34 heavy (non-hydrogen) atoms. The molecular formula is C24H20N6O3S. The van der Waals surface area contributed by atoms with Crippen molar-refractivity contribution in [2.24, 2.45) is 0 Å². The van der Waals surface area contributed by atoms with Crippen molar-refractivity contribution in [3.63, 3.8) is 0 Å². The van der Waals surface area contributed by atoms with Gasteiger partial charge in [-0.25, -0.2) is 4.98 Å². The van der Waals surface area contributed by atoms with E-state index in [-0.39, 0.29) is 17.3 Å². The summed E-state index contributed by atoms with van der Waals surface area (Å²) in [4.78, 5) is 49.5. The molecule has 0 radical (unpaired) electrons. The maximum absolute atomic E-state index is 13.1. The minimum Gasteiger partial charge on any atom is -0.358 e. The number of amides is 1. The molecule has 4 aromatic heterocycles. The number of hydrogen-bond donors (Lipinski definition) is 3. The topological polar surface area (TPSA) is 126 Å². The summed E-state index contributed by atoms with van der Waals surface area (Å²) in [7, 11) is 0. The smallest absolute Gasteiger partial charge is 0.298 e. The summed E-state index contributed by atoms with van der Waals surface area (Å²) < 4.78 is 1.34. The normalized spacial score (nSPS) is 11.1. The Morgan fingerprint density at radius 3 is 2.71 bits per heavy atom. The molecule has 5 aromatic rings. The first kappa shape index (κ1) is 21.5. The van der Waals surface area contributed by atoms with Crippen molar-refractivity contribution in [2.75, 3.05) is 5.32 Å². The number of Topliss-reactive ketones (excluding diaryl/α,β-unsaturated/α-hetero) is 1. The first-order valence-corrected chi connectivity index (χ1v) is 11.5. The van der Waals surface area contributed by atoms with Crippen molar-refractivity contribution < 1.29 is 9.59 Å². The highest BCUT2D eigenvalue weighted by molar-refractivity contribution is 7.13. The molecule has 0 unspecified atom stereocenters. The van der Waals surface area contributed by atoms with Gasteiger partial charge in [-0.2, -0.15) is 9.78 Å². The van der Waals surface area contributed by atoms with Crippen LogP contribution in [0.25, 0.3) is 27.4 Å². The number of nitrogens with zero attached hydrogens (tertiary/aromatic N) is 3. The first-order chi connectivity index (χ1) is 16.4. The standard InChI is InChI=1S/C24H20N6O3S/c1-3-14-11-20(31)28-24(26-14)30-19(12-17(29-30)18-9-6-10-34-18)27-23(33)22(32)21-13(2)25-16-8-5-4-7-15(16)21/h4-12,25H,3H2,1-2H3,(H,27,33)(H,26,28,31). The van der Waals surface area contributed by atoms with E-state index in [0.29, 0.717) is 34.5 Å². The number of anilines is 1. The number of thiophene rings is 1. The van der Waals surface area contributed by atoms with Crippen LogP contribution in [0.4, 0.5) is 5.82 Å². The number of hydrogen-bond acceptors (Lipinski definition) is 6. The van der Waals surface area contributed by atoms with E-state index < -0.39 is 11.7 Å². The lowest BCUT2D eigenvalue weighted by Gasteiger charge is -2.08. The van der Waals surface area contributed by atoms with Gasteiger partial charge in [0.25, 0.3) is 17.2 Å². The van der Waals surface area contributed by atoms with Gasteiger partial charge in [0.2, 0.25) is 5.95 Å². The first-order valence-electron chi connectivity index (χ1n) is 10.6. The number of carbonyl (C=O) groups excluding carboxylic acids is 2. The molecule has 0 saturated heterocycles. The number of aryl methyl sites for hydroxylation is 2. The molecule has 0 bridgehead atoms. The van der Waals surface area contributed by atoms with Crippen LogP contribution in [0.3, 0.4) is 0 Å². The van der Waals surface area contributed by atoms with E-state index >= 15 is 0 Å². The summed E-state index contributed by atoms with van der Waals surface area (Å²) in [5.41, 5.74) is 2.52. The van der Waals surface area contributed by atoms with Gasteiger partial charge in [-0.15, -0.1) is 11.3 Å². The molecule has 10 heteroatoms. The van der Waals surface area contributed by atoms with Crippen molar-refractivity contribution in [2.45, 2.75) is 20.3 Å². The number of para-hydroxylation sites is 1. The molecule has 0 fully saturated rings. The highest BCUT2D eigenvalue weighted by Crippen LogP contribution is 2.28. The van der Waals surface area contributed by atoms with Crippen LogP contribution < -0.4 is 10.9 Å². The van der Waals surface area contributed by atoms with Gasteiger partial charge in [0.05, 0.1) is 10.4 Å². The molecule has 5 rings (SSSR count). The largest absolute Gasteiger partial charge is 0.358 e. The van der Waals surface area contributed by atoms with Crippen LogP contribution in [-0.2, 0) is 11.2 Å². The van der Waals surface area contributed by atoms with Crippen LogP contribution >= 0.6 is 11.3 Å². The zero-order chi connectivity index (χ0) is 23.8. The molecule has 0 spiro atoms. The maximum Gasteiger partial charge on any atom is 0.298 e. The second kappa shape index (κ2) is 8.56. The Morgan fingerprint density at radius 1 is 1.12 bits per heavy atom. The molecule has 9 nitrogen and oxygen atoms in total. The fraction of sp³-hybridized carbons (Fsp3) is 0.125. The van der Waals surface area contributed by atoms with Gasteiger partial charge in [-0.3, -0.25) is 19.4 Å². The Bertz CT molecular complexity index is 1590. The van der Waals surface area contributed by atoms with Gasteiger partial charge in [0.15, 0.2) is 0 Å². The Morgan fingerprint density at radius 2 is 1.94 bits per heavy atom. The third-order valence-corrected chi connectivity index (χ3v) is 6.29. The average molecular weight is 473 g/mol. The van der Waals surface area contributed by atoms with Gasteiger partial charge in [0, 0.05) is 34.4 Å². The van der Waals surface area contributed by atoms with E-state index in [1.165, 1.54) is 22.1 Å². The summed E-state index contributed by atoms with van der Waals surface area (Å²) in [5.74, 6) is -1.13. The van der Waals surface area contributed by atoms with Gasteiger partial charge in [0.1, 0.15) is 11.5 Å². The highest BCUT2D eigenvalue weighted by atomic mass is 32.1. The summed E-state index contributed by atoms with van der Waals surface area (Å²) in [6.07, 6.45) is 0.552. The molecule has 4 heterocycles.